The van der Waals surface area contributed by atoms with Gasteiger partial charge in [0.25, 0.3) is 5.91 Å². The minimum absolute atomic E-state index is 0.226. The molecule has 0 saturated heterocycles. The van der Waals surface area contributed by atoms with Crippen molar-refractivity contribution in [2.75, 3.05) is 11.9 Å². The van der Waals surface area contributed by atoms with Gasteiger partial charge < -0.3 is 20.4 Å². The van der Waals surface area contributed by atoms with Crippen LogP contribution in [0.5, 0.6) is 0 Å². The SMILES string of the molecule is O=C(NCCc1ccc(F)cc1)NCc1cccc(NC(=O)c2ccco2)c1. The van der Waals surface area contributed by atoms with E-state index in [4.69, 9.17) is 4.42 Å². The van der Waals surface area contributed by atoms with Crippen molar-refractivity contribution in [1.82, 2.24) is 10.6 Å². The molecule has 0 aliphatic carbocycles. The molecule has 6 nitrogen and oxygen atoms in total. The lowest BCUT2D eigenvalue weighted by Crippen LogP contribution is -2.36. The van der Waals surface area contributed by atoms with E-state index in [1.165, 1.54) is 18.4 Å². The van der Waals surface area contributed by atoms with E-state index in [2.05, 4.69) is 16.0 Å². The standard InChI is InChI=1S/C21H20FN3O3/c22-17-8-6-15(7-9-17)10-11-23-21(27)24-14-16-3-1-4-18(13-16)25-20(26)19-5-2-12-28-19/h1-9,12-13H,10-11,14H2,(H,25,26)(H2,23,24,27). The van der Waals surface area contributed by atoms with Crippen molar-refractivity contribution >= 4 is 17.6 Å². The number of urea groups is 1. The molecule has 28 heavy (non-hydrogen) atoms. The van der Waals surface area contributed by atoms with Crippen LogP contribution in [0.25, 0.3) is 0 Å². The number of benzene rings is 2. The topological polar surface area (TPSA) is 83.4 Å². The number of rotatable bonds is 7. The normalized spacial score (nSPS) is 10.3. The van der Waals surface area contributed by atoms with Crippen LogP contribution >= 0.6 is 0 Å². The molecule has 0 aliphatic heterocycles. The molecule has 3 amide bonds. The molecule has 0 aliphatic rings. The van der Waals surface area contributed by atoms with E-state index in [-0.39, 0.29) is 23.5 Å². The summed E-state index contributed by atoms with van der Waals surface area (Å²) in [5.41, 5.74) is 2.39. The highest BCUT2D eigenvalue weighted by molar-refractivity contribution is 6.02. The number of carbonyl (C=O) groups is 2. The highest BCUT2D eigenvalue weighted by atomic mass is 19.1. The van der Waals surface area contributed by atoms with Crippen molar-refractivity contribution in [1.29, 1.82) is 0 Å². The zero-order valence-corrected chi connectivity index (χ0v) is 15.1. The quantitative estimate of drug-likeness (QED) is 0.583. The van der Waals surface area contributed by atoms with E-state index >= 15 is 0 Å². The number of anilines is 1. The third kappa shape index (κ3) is 5.70. The molecule has 0 radical (unpaired) electrons. The molecular weight excluding hydrogens is 361 g/mol. The number of halogens is 1. The second kappa shape index (κ2) is 9.36. The number of hydrogen-bond acceptors (Lipinski definition) is 3. The summed E-state index contributed by atoms with van der Waals surface area (Å²) in [5, 5.41) is 8.26. The zero-order chi connectivity index (χ0) is 19.8. The predicted molar refractivity (Wildman–Crippen MR) is 103 cm³/mol. The van der Waals surface area contributed by atoms with Crippen molar-refractivity contribution in [2.45, 2.75) is 13.0 Å². The van der Waals surface area contributed by atoms with Gasteiger partial charge in [0.1, 0.15) is 5.82 Å². The fraction of sp³-hybridized carbons (Fsp3) is 0.143. The Morgan fingerprint density at radius 2 is 1.75 bits per heavy atom. The van der Waals surface area contributed by atoms with Gasteiger partial charge in [-0.05, 0) is 53.9 Å². The summed E-state index contributed by atoms with van der Waals surface area (Å²) >= 11 is 0. The Morgan fingerprint density at radius 3 is 2.50 bits per heavy atom. The van der Waals surface area contributed by atoms with Gasteiger partial charge in [-0.3, -0.25) is 4.79 Å². The first-order valence-corrected chi connectivity index (χ1v) is 8.80. The minimum Gasteiger partial charge on any atom is -0.459 e. The Kier molecular flexibility index (Phi) is 6.41. The number of nitrogens with one attached hydrogen (secondary N) is 3. The summed E-state index contributed by atoms with van der Waals surface area (Å²) in [6, 6.07) is 16.3. The van der Waals surface area contributed by atoms with Crippen molar-refractivity contribution in [3.63, 3.8) is 0 Å². The van der Waals surface area contributed by atoms with Crippen molar-refractivity contribution in [2.24, 2.45) is 0 Å². The lowest BCUT2D eigenvalue weighted by Gasteiger charge is -2.09. The molecule has 3 rings (SSSR count). The van der Waals surface area contributed by atoms with E-state index < -0.39 is 0 Å². The predicted octanol–water partition coefficient (Wildman–Crippen LogP) is 3.71. The molecule has 1 aromatic heterocycles. The van der Waals surface area contributed by atoms with E-state index in [1.807, 2.05) is 6.07 Å². The highest BCUT2D eigenvalue weighted by Gasteiger charge is 2.09. The molecule has 0 atom stereocenters. The number of hydrogen-bond donors (Lipinski definition) is 3. The molecule has 3 aromatic rings. The third-order valence-corrected chi connectivity index (χ3v) is 4.00. The van der Waals surface area contributed by atoms with Crippen LogP contribution in [0.2, 0.25) is 0 Å². The molecule has 7 heteroatoms. The Labute approximate surface area is 161 Å². The second-order valence-corrected chi connectivity index (χ2v) is 6.12. The van der Waals surface area contributed by atoms with Crippen LogP contribution in [0.3, 0.4) is 0 Å². The summed E-state index contributed by atoms with van der Waals surface area (Å²) in [7, 11) is 0. The Hall–Kier alpha value is -3.61. The maximum atomic E-state index is 12.9. The van der Waals surface area contributed by atoms with Crippen LogP contribution in [-0.2, 0) is 13.0 Å². The van der Waals surface area contributed by atoms with Crippen molar-refractivity contribution in [3.8, 4) is 0 Å². The molecular formula is C21H20FN3O3. The van der Waals surface area contributed by atoms with Crippen LogP contribution in [-0.4, -0.2) is 18.5 Å². The summed E-state index contributed by atoms with van der Waals surface area (Å²) in [5.74, 6) is -0.394. The second-order valence-electron chi connectivity index (χ2n) is 6.12. The minimum atomic E-state index is -0.339. The largest absolute Gasteiger partial charge is 0.459 e. The van der Waals surface area contributed by atoms with Gasteiger partial charge in [0.15, 0.2) is 5.76 Å². The molecule has 0 spiro atoms. The first-order chi connectivity index (χ1) is 13.6. The summed E-state index contributed by atoms with van der Waals surface area (Å²) in [6.45, 7) is 0.754. The van der Waals surface area contributed by atoms with Gasteiger partial charge in [0.2, 0.25) is 0 Å². The molecule has 144 valence electrons. The maximum absolute atomic E-state index is 12.9. The fourth-order valence-electron chi connectivity index (χ4n) is 2.58. The van der Waals surface area contributed by atoms with Crippen molar-refractivity contribution < 1.29 is 18.4 Å². The number of amides is 3. The first-order valence-electron chi connectivity index (χ1n) is 8.80. The van der Waals surface area contributed by atoms with Crippen LogP contribution < -0.4 is 16.0 Å². The third-order valence-electron chi connectivity index (χ3n) is 4.00. The van der Waals surface area contributed by atoms with Crippen LogP contribution in [0.4, 0.5) is 14.9 Å². The number of furan rings is 1. The van der Waals surface area contributed by atoms with E-state index in [1.54, 1.807) is 42.5 Å². The number of carbonyl (C=O) groups excluding carboxylic acids is 2. The molecule has 0 saturated carbocycles. The Bertz CT molecular complexity index is 924. The smallest absolute Gasteiger partial charge is 0.315 e. The molecule has 3 N–H and O–H groups in total. The van der Waals surface area contributed by atoms with Gasteiger partial charge in [0.05, 0.1) is 6.26 Å². The average Bonchev–Trinajstić information content (AvgIpc) is 3.23. The van der Waals surface area contributed by atoms with Gasteiger partial charge in [-0.25, -0.2) is 9.18 Å². The Balaban J connectivity index is 1.43. The van der Waals surface area contributed by atoms with Crippen LogP contribution in [0.1, 0.15) is 21.7 Å². The van der Waals surface area contributed by atoms with Gasteiger partial charge in [0, 0.05) is 18.8 Å². The first kappa shape index (κ1) is 19.2. The van der Waals surface area contributed by atoms with E-state index in [9.17, 15) is 14.0 Å². The average molecular weight is 381 g/mol. The van der Waals surface area contributed by atoms with Gasteiger partial charge in [-0.15, -0.1) is 0 Å². The summed E-state index contributed by atoms with van der Waals surface area (Å²) < 4.78 is 17.9. The molecule has 2 aromatic carbocycles. The van der Waals surface area contributed by atoms with Gasteiger partial charge in [-0.2, -0.15) is 0 Å². The highest BCUT2D eigenvalue weighted by Crippen LogP contribution is 2.12. The van der Waals surface area contributed by atoms with Crippen LogP contribution in [0.15, 0.2) is 71.3 Å². The van der Waals surface area contributed by atoms with Crippen LogP contribution in [0, 0.1) is 5.82 Å². The zero-order valence-electron chi connectivity index (χ0n) is 15.1. The summed E-state index contributed by atoms with van der Waals surface area (Å²) in [4.78, 5) is 23.9. The lowest BCUT2D eigenvalue weighted by molar-refractivity contribution is 0.0996. The van der Waals surface area contributed by atoms with E-state index in [0.717, 1.165) is 11.1 Å². The molecule has 0 bridgehead atoms. The molecule has 0 unspecified atom stereocenters. The maximum Gasteiger partial charge on any atom is 0.315 e. The fourth-order valence-corrected chi connectivity index (χ4v) is 2.58. The molecule has 0 fully saturated rings. The molecule has 1 heterocycles. The van der Waals surface area contributed by atoms with Gasteiger partial charge >= 0.3 is 6.03 Å². The Morgan fingerprint density at radius 1 is 0.929 bits per heavy atom. The lowest BCUT2D eigenvalue weighted by atomic mass is 10.1. The monoisotopic (exact) mass is 381 g/mol. The van der Waals surface area contributed by atoms with Crippen molar-refractivity contribution in [3.05, 3.63) is 89.6 Å². The van der Waals surface area contributed by atoms with Gasteiger partial charge in [-0.1, -0.05) is 24.3 Å². The van der Waals surface area contributed by atoms with E-state index in [0.29, 0.717) is 25.2 Å². The summed E-state index contributed by atoms with van der Waals surface area (Å²) in [6.07, 6.45) is 2.05.